The van der Waals surface area contributed by atoms with Crippen molar-refractivity contribution in [1.82, 2.24) is 4.57 Å². The summed E-state index contributed by atoms with van der Waals surface area (Å²) in [6.07, 6.45) is 2.74. The van der Waals surface area contributed by atoms with Crippen LogP contribution in [0.4, 0.5) is 5.69 Å². The minimum Gasteiger partial charge on any atom is -0.379 e. The Kier molecular flexibility index (Phi) is 3.57. The van der Waals surface area contributed by atoms with Crippen molar-refractivity contribution in [2.24, 2.45) is 0 Å². The number of nitro benzene ring substituents is 1. The van der Waals surface area contributed by atoms with Crippen LogP contribution >= 0.6 is 0 Å². The molecule has 0 bridgehead atoms. The van der Waals surface area contributed by atoms with E-state index in [4.69, 9.17) is 4.74 Å². The standard InChI is InChI=1S/C14H18N2O3/c1-14(2,19-3)8-10-15-9-7-11-12(15)5-4-6-13(11)16(17)18/h4-7,9H,8,10H2,1-3H3. The van der Waals surface area contributed by atoms with Gasteiger partial charge in [-0.25, -0.2) is 0 Å². The van der Waals surface area contributed by atoms with Crippen LogP contribution in [0.5, 0.6) is 0 Å². The molecule has 19 heavy (non-hydrogen) atoms. The number of aryl methyl sites for hydroxylation is 1. The van der Waals surface area contributed by atoms with Gasteiger partial charge in [-0.1, -0.05) is 6.07 Å². The highest BCUT2D eigenvalue weighted by atomic mass is 16.6. The molecule has 1 heterocycles. The molecule has 0 spiro atoms. The lowest BCUT2D eigenvalue weighted by molar-refractivity contribution is -0.383. The molecular formula is C14H18N2O3. The van der Waals surface area contributed by atoms with Crippen molar-refractivity contribution < 1.29 is 9.66 Å². The first-order valence-electron chi connectivity index (χ1n) is 6.22. The van der Waals surface area contributed by atoms with Gasteiger partial charge in [0, 0.05) is 25.9 Å². The van der Waals surface area contributed by atoms with Crippen LogP contribution in [0.1, 0.15) is 20.3 Å². The van der Waals surface area contributed by atoms with Gasteiger partial charge in [0.25, 0.3) is 5.69 Å². The number of hydrogen-bond acceptors (Lipinski definition) is 3. The van der Waals surface area contributed by atoms with Gasteiger partial charge in [-0.05, 0) is 32.4 Å². The van der Waals surface area contributed by atoms with E-state index in [9.17, 15) is 10.1 Å². The van der Waals surface area contributed by atoms with E-state index in [-0.39, 0.29) is 16.2 Å². The smallest absolute Gasteiger partial charge is 0.278 e. The molecule has 102 valence electrons. The van der Waals surface area contributed by atoms with E-state index < -0.39 is 0 Å². The number of nitrogens with zero attached hydrogens (tertiary/aromatic N) is 2. The number of ether oxygens (including phenoxy) is 1. The average molecular weight is 262 g/mol. The van der Waals surface area contributed by atoms with Crippen molar-refractivity contribution in [1.29, 1.82) is 0 Å². The molecule has 1 aromatic heterocycles. The number of non-ortho nitro benzene ring substituents is 1. The molecule has 5 nitrogen and oxygen atoms in total. The molecule has 0 atom stereocenters. The van der Waals surface area contributed by atoms with Gasteiger partial charge in [0.05, 0.1) is 21.4 Å². The molecule has 0 radical (unpaired) electrons. The van der Waals surface area contributed by atoms with Crippen LogP contribution in [0, 0.1) is 10.1 Å². The Morgan fingerprint density at radius 2 is 2.11 bits per heavy atom. The zero-order chi connectivity index (χ0) is 14.0. The van der Waals surface area contributed by atoms with Crippen LogP contribution in [0.15, 0.2) is 30.5 Å². The van der Waals surface area contributed by atoms with Crippen molar-refractivity contribution in [3.63, 3.8) is 0 Å². The van der Waals surface area contributed by atoms with E-state index in [0.717, 1.165) is 18.5 Å². The van der Waals surface area contributed by atoms with Gasteiger partial charge in [0.15, 0.2) is 0 Å². The predicted molar refractivity (Wildman–Crippen MR) is 74.3 cm³/mol. The lowest BCUT2D eigenvalue weighted by Gasteiger charge is -2.23. The van der Waals surface area contributed by atoms with Gasteiger partial charge in [-0.3, -0.25) is 10.1 Å². The van der Waals surface area contributed by atoms with Gasteiger partial charge in [0.1, 0.15) is 0 Å². The summed E-state index contributed by atoms with van der Waals surface area (Å²) in [4.78, 5) is 10.6. The van der Waals surface area contributed by atoms with Crippen LogP contribution < -0.4 is 0 Å². The molecule has 0 N–H and O–H groups in total. The Labute approximate surface area is 111 Å². The lowest BCUT2D eigenvalue weighted by Crippen LogP contribution is -2.24. The summed E-state index contributed by atoms with van der Waals surface area (Å²) in [6, 6.07) is 6.96. The maximum atomic E-state index is 11.0. The summed E-state index contributed by atoms with van der Waals surface area (Å²) in [5.41, 5.74) is 0.848. The van der Waals surface area contributed by atoms with E-state index >= 15 is 0 Å². The lowest BCUT2D eigenvalue weighted by atomic mass is 10.1. The number of benzene rings is 1. The Morgan fingerprint density at radius 3 is 2.74 bits per heavy atom. The van der Waals surface area contributed by atoms with Crippen molar-refractivity contribution in [2.45, 2.75) is 32.4 Å². The second kappa shape index (κ2) is 5.01. The predicted octanol–water partition coefficient (Wildman–Crippen LogP) is 3.36. The summed E-state index contributed by atoms with van der Waals surface area (Å²) in [5, 5.41) is 11.6. The molecule has 5 heteroatoms. The fourth-order valence-corrected chi connectivity index (χ4v) is 2.05. The van der Waals surface area contributed by atoms with Crippen LogP contribution in [-0.4, -0.2) is 22.2 Å². The Hall–Kier alpha value is -1.88. The van der Waals surface area contributed by atoms with Gasteiger partial charge < -0.3 is 9.30 Å². The van der Waals surface area contributed by atoms with Gasteiger partial charge in [-0.2, -0.15) is 0 Å². The molecule has 0 amide bonds. The number of rotatable bonds is 5. The minimum absolute atomic E-state index is 0.155. The summed E-state index contributed by atoms with van der Waals surface area (Å²) in [5.74, 6) is 0. The molecule has 0 unspecified atom stereocenters. The Bertz CT molecular complexity index is 602. The summed E-state index contributed by atoms with van der Waals surface area (Å²) in [7, 11) is 1.69. The molecule has 2 aromatic rings. The van der Waals surface area contributed by atoms with E-state index in [0.29, 0.717) is 5.39 Å². The third-order valence-electron chi connectivity index (χ3n) is 3.49. The molecule has 2 rings (SSSR count). The van der Waals surface area contributed by atoms with Crippen molar-refractivity contribution >= 4 is 16.6 Å². The fourth-order valence-electron chi connectivity index (χ4n) is 2.05. The molecule has 0 aliphatic carbocycles. The Morgan fingerprint density at radius 1 is 1.37 bits per heavy atom. The van der Waals surface area contributed by atoms with Crippen molar-refractivity contribution in [2.75, 3.05) is 7.11 Å². The number of nitro groups is 1. The first-order chi connectivity index (χ1) is 8.94. The van der Waals surface area contributed by atoms with Crippen molar-refractivity contribution in [3.8, 4) is 0 Å². The monoisotopic (exact) mass is 262 g/mol. The summed E-state index contributed by atoms with van der Waals surface area (Å²) >= 11 is 0. The van der Waals surface area contributed by atoms with E-state index in [1.165, 1.54) is 6.07 Å². The van der Waals surface area contributed by atoms with Gasteiger partial charge in [-0.15, -0.1) is 0 Å². The topological polar surface area (TPSA) is 57.3 Å². The molecule has 1 aromatic carbocycles. The molecule has 0 aliphatic heterocycles. The Balaban J connectivity index is 2.31. The highest BCUT2D eigenvalue weighted by molar-refractivity contribution is 5.89. The maximum absolute atomic E-state index is 11.0. The van der Waals surface area contributed by atoms with Crippen LogP contribution in [-0.2, 0) is 11.3 Å². The molecule has 0 saturated heterocycles. The maximum Gasteiger partial charge on any atom is 0.278 e. The second-order valence-electron chi connectivity index (χ2n) is 5.19. The fraction of sp³-hybridized carbons (Fsp3) is 0.429. The normalized spacial score (nSPS) is 11.9. The summed E-state index contributed by atoms with van der Waals surface area (Å²) < 4.78 is 7.42. The van der Waals surface area contributed by atoms with Crippen LogP contribution in [0.25, 0.3) is 10.9 Å². The third-order valence-corrected chi connectivity index (χ3v) is 3.49. The second-order valence-corrected chi connectivity index (χ2v) is 5.19. The van der Waals surface area contributed by atoms with E-state index in [1.54, 1.807) is 19.2 Å². The zero-order valence-corrected chi connectivity index (χ0v) is 11.4. The molecule has 0 fully saturated rings. The first kappa shape index (κ1) is 13.5. The molecular weight excluding hydrogens is 244 g/mol. The van der Waals surface area contributed by atoms with E-state index in [2.05, 4.69) is 0 Å². The van der Waals surface area contributed by atoms with Crippen LogP contribution in [0.2, 0.25) is 0 Å². The molecule has 0 saturated carbocycles. The first-order valence-corrected chi connectivity index (χ1v) is 6.22. The number of aromatic nitrogens is 1. The largest absolute Gasteiger partial charge is 0.379 e. The van der Waals surface area contributed by atoms with Gasteiger partial charge >= 0.3 is 0 Å². The highest BCUT2D eigenvalue weighted by Gasteiger charge is 2.18. The summed E-state index contributed by atoms with van der Waals surface area (Å²) in [6.45, 7) is 4.83. The molecule has 0 aliphatic rings. The highest BCUT2D eigenvalue weighted by Crippen LogP contribution is 2.27. The minimum atomic E-state index is -0.342. The number of fused-ring (bicyclic) bond motifs is 1. The number of methoxy groups -OCH3 is 1. The number of hydrogen-bond donors (Lipinski definition) is 0. The third kappa shape index (κ3) is 2.76. The zero-order valence-electron chi connectivity index (χ0n) is 11.4. The quantitative estimate of drug-likeness (QED) is 0.613. The van der Waals surface area contributed by atoms with Crippen molar-refractivity contribution in [3.05, 3.63) is 40.6 Å². The average Bonchev–Trinajstić information content (AvgIpc) is 2.79. The van der Waals surface area contributed by atoms with Crippen LogP contribution in [0.3, 0.4) is 0 Å². The SMILES string of the molecule is COC(C)(C)CCn1ccc2c([N+](=O)[O-])cccc21. The van der Waals surface area contributed by atoms with E-state index in [1.807, 2.05) is 30.7 Å². The van der Waals surface area contributed by atoms with Gasteiger partial charge in [0.2, 0.25) is 0 Å².